The third kappa shape index (κ3) is 2.44. The molecule has 1 atom stereocenters. The maximum atomic E-state index is 13.0. The van der Waals surface area contributed by atoms with Crippen molar-refractivity contribution >= 4 is 0 Å². The maximum Gasteiger partial charge on any atom is 0.419 e. The Labute approximate surface area is 82.9 Å². The van der Waals surface area contributed by atoms with E-state index in [4.69, 9.17) is 11.0 Å². The van der Waals surface area contributed by atoms with Crippen LogP contribution < -0.4 is 5.73 Å². The van der Waals surface area contributed by atoms with Crippen LogP contribution in [0.5, 0.6) is 0 Å². The van der Waals surface area contributed by atoms with E-state index >= 15 is 0 Å². The summed E-state index contributed by atoms with van der Waals surface area (Å²) in [6.45, 7) is 0. The number of halogens is 4. The molecule has 15 heavy (non-hydrogen) atoms. The SMILES string of the molecule is N#CC(N)c1ccc(C(F)(F)F)c(F)c1. The van der Waals surface area contributed by atoms with Crippen LogP contribution in [0, 0.1) is 17.1 Å². The molecular formula is C9H6F4N2. The van der Waals surface area contributed by atoms with E-state index in [-0.39, 0.29) is 5.56 Å². The van der Waals surface area contributed by atoms with Crippen LogP contribution in [-0.4, -0.2) is 0 Å². The first-order valence-electron chi connectivity index (χ1n) is 3.88. The fourth-order valence-electron chi connectivity index (χ4n) is 1.03. The number of hydrogen-bond donors (Lipinski definition) is 1. The number of hydrogen-bond acceptors (Lipinski definition) is 2. The Balaban J connectivity index is 3.16. The van der Waals surface area contributed by atoms with Crippen LogP contribution in [0.4, 0.5) is 17.6 Å². The van der Waals surface area contributed by atoms with Crippen molar-refractivity contribution < 1.29 is 17.6 Å². The van der Waals surface area contributed by atoms with E-state index in [1.165, 1.54) is 0 Å². The number of rotatable bonds is 1. The number of nitrogens with zero attached hydrogens (tertiary/aromatic N) is 1. The number of nitriles is 1. The molecule has 0 heterocycles. The Morgan fingerprint density at radius 3 is 2.33 bits per heavy atom. The van der Waals surface area contributed by atoms with Gasteiger partial charge in [-0.2, -0.15) is 18.4 Å². The molecule has 0 radical (unpaired) electrons. The van der Waals surface area contributed by atoms with Gasteiger partial charge in [0, 0.05) is 0 Å². The van der Waals surface area contributed by atoms with Gasteiger partial charge < -0.3 is 5.73 Å². The molecular weight excluding hydrogens is 212 g/mol. The minimum Gasteiger partial charge on any atom is -0.312 e. The van der Waals surface area contributed by atoms with Gasteiger partial charge in [-0.15, -0.1) is 0 Å². The molecule has 0 fully saturated rings. The fourth-order valence-corrected chi connectivity index (χ4v) is 1.03. The van der Waals surface area contributed by atoms with Crippen LogP contribution in [0.25, 0.3) is 0 Å². The number of alkyl halides is 3. The van der Waals surface area contributed by atoms with E-state index in [0.717, 1.165) is 6.07 Å². The van der Waals surface area contributed by atoms with Crippen LogP contribution in [0.3, 0.4) is 0 Å². The first-order valence-corrected chi connectivity index (χ1v) is 3.88. The lowest BCUT2D eigenvalue weighted by molar-refractivity contribution is -0.140. The Bertz CT molecular complexity index is 406. The molecule has 1 aromatic carbocycles. The van der Waals surface area contributed by atoms with Gasteiger partial charge >= 0.3 is 6.18 Å². The summed E-state index contributed by atoms with van der Waals surface area (Å²) in [7, 11) is 0. The molecule has 0 spiro atoms. The van der Waals surface area contributed by atoms with Gasteiger partial charge in [0.05, 0.1) is 11.6 Å². The van der Waals surface area contributed by atoms with Crippen LogP contribution in [-0.2, 0) is 6.18 Å². The second-order valence-corrected chi connectivity index (χ2v) is 2.84. The molecule has 2 N–H and O–H groups in total. The molecule has 0 bridgehead atoms. The molecule has 0 aliphatic rings. The number of nitrogens with two attached hydrogens (primary N) is 1. The maximum absolute atomic E-state index is 13.0. The molecule has 0 aliphatic carbocycles. The third-order valence-electron chi connectivity index (χ3n) is 1.80. The van der Waals surface area contributed by atoms with Crippen molar-refractivity contribution in [1.82, 2.24) is 0 Å². The van der Waals surface area contributed by atoms with E-state index in [9.17, 15) is 17.6 Å². The van der Waals surface area contributed by atoms with Crippen LogP contribution >= 0.6 is 0 Å². The lowest BCUT2D eigenvalue weighted by atomic mass is 10.1. The highest BCUT2D eigenvalue weighted by Crippen LogP contribution is 2.32. The highest BCUT2D eigenvalue weighted by atomic mass is 19.4. The molecule has 0 saturated heterocycles. The predicted octanol–water partition coefficient (Wildman–Crippen LogP) is 2.37. The molecule has 6 heteroatoms. The monoisotopic (exact) mass is 218 g/mol. The third-order valence-corrected chi connectivity index (χ3v) is 1.80. The van der Waals surface area contributed by atoms with E-state index < -0.39 is 23.6 Å². The molecule has 2 nitrogen and oxygen atoms in total. The van der Waals surface area contributed by atoms with Crippen LogP contribution in [0.15, 0.2) is 18.2 Å². The van der Waals surface area contributed by atoms with E-state index in [1.54, 1.807) is 6.07 Å². The fraction of sp³-hybridized carbons (Fsp3) is 0.222. The Morgan fingerprint density at radius 1 is 1.33 bits per heavy atom. The van der Waals surface area contributed by atoms with Gasteiger partial charge in [-0.25, -0.2) is 4.39 Å². The molecule has 1 rings (SSSR count). The minimum absolute atomic E-state index is 0.0167. The molecule has 0 saturated carbocycles. The lowest BCUT2D eigenvalue weighted by Crippen LogP contribution is -2.11. The highest BCUT2D eigenvalue weighted by Gasteiger charge is 2.34. The summed E-state index contributed by atoms with van der Waals surface area (Å²) in [5.41, 5.74) is 3.87. The lowest BCUT2D eigenvalue weighted by Gasteiger charge is -2.09. The molecule has 80 valence electrons. The Kier molecular flexibility index (Phi) is 2.95. The molecule has 0 aliphatic heterocycles. The summed E-state index contributed by atoms with van der Waals surface area (Å²) in [5.74, 6) is -1.43. The second kappa shape index (κ2) is 3.87. The summed E-state index contributed by atoms with van der Waals surface area (Å²) in [5, 5.41) is 8.39. The molecule has 1 aromatic rings. The Morgan fingerprint density at radius 2 is 1.93 bits per heavy atom. The van der Waals surface area contributed by atoms with Crippen molar-refractivity contribution in [3.63, 3.8) is 0 Å². The predicted molar refractivity (Wildman–Crippen MR) is 43.9 cm³/mol. The van der Waals surface area contributed by atoms with Crippen LogP contribution in [0.2, 0.25) is 0 Å². The molecule has 1 unspecified atom stereocenters. The van der Waals surface area contributed by atoms with Gasteiger partial charge in [-0.05, 0) is 17.7 Å². The topological polar surface area (TPSA) is 49.8 Å². The summed E-state index contributed by atoms with van der Waals surface area (Å²) in [4.78, 5) is 0. The van der Waals surface area contributed by atoms with Gasteiger partial charge in [-0.1, -0.05) is 6.07 Å². The van der Waals surface area contributed by atoms with Crippen LogP contribution in [0.1, 0.15) is 17.2 Å². The smallest absolute Gasteiger partial charge is 0.312 e. The summed E-state index contributed by atoms with van der Waals surface area (Å²) < 4.78 is 49.3. The van der Waals surface area contributed by atoms with Crippen molar-refractivity contribution in [2.45, 2.75) is 12.2 Å². The van der Waals surface area contributed by atoms with Crippen molar-refractivity contribution in [1.29, 1.82) is 5.26 Å². The standard InChI is InChI=1S/C9H6F4N2/c10-7-3-5(8(15)4-14)1-2-6(7)9(11,12)13/h1-3,8H,15H2. The van der Waals surface area contributed by atoms with Gasteiger partial charge in [0.25, 0.3) is 0 Å². The van der Waals surface area contributed by atoms with Crippen molar-refractivity contribution in [2.75, 3.05) is 0 Å². The average molecular weight is 218 g/mol. The van der Waals surface area contributed by atoms with Gasteiger partial charge in [0.1, 0.15) is 11.9 Å². The minimum atomic E-state index is -4.74. The summed E-state index contributed by atoms with van der Waals surface area (Å²) in [6.07, 6.45) is -4.74. The zero-order valence-corrected chi connectivity index (χ0v) is 7.35. The van der Waals surface area contributed by atoms with Gasteiger partial charge in [0.15, 0.2) is 0 Å². The highest BCUT2D eigenvalue weighted by molar-refractivity contribution is 5.30. The number of benzene rings is 1. The second-order valence-electron chi connectivity index (χ2n) is 2.84. The first-order chi connectivity index (χ1) is 6.86. The van der Waals surface area contributed by atoms with Gasteiger partial charge in [0.2, 0.25) is 0 Å². The summed E-state index contributed by atoms with van der Waals surface area (Å²) >= 11 is 0. The molecule has 0 amide bonds. The normalized spacial score (nSPS) is 13.3. The first kappa shape index (κ1) is 11.5. The zero-order chi connectivity index (χ0) is 11.6. The van der Waals surface area contributed by atoms with E-state index in [0.29, 0.717) is 12.1 Å². The zero-order valence-electron chi connectivity index (χ0n) is 7.35. The van der Waals surface area contributed by atoms with E-state index in [2.05, 4.69) is 0 Å². The van der Waals surface area contributed by atoms with Gasteiger partial charge in [-0.3, -0.25) is 0 Å². The quantitative estimate of drug-likeness (QED) is 0.735. The Hall–Kier alpha value is -1.61. The average Bonchev–Trinajstić information content (AvgIpc) is 2.14. The molecule has 0 aromatic heterocycles. The summed E-state index contributed by atoms with van der Waals surface area (Å²) in [6, 6.07) is 2.65. The van der Waals surface area contributed by atoms with Crippen molar-refractivity contribution in [3.8, 4) is 6.07 Å². The van der Waals surface area contributed by atoms with Crippen molar-refractivity contribution in [2.24, 2.45) is 5.73 Å². The largest absolute Gasteiger partial charge is 0.419 e. The van der Waals surface area contributed by atoms with Crippen molar-refractivity contribution in [3.05, 3.63) is 35.1 Å². The van der Waals surface area contributed by atoms with E-state index in [1.807, 2.05) is 0 Å².